The van der Waals surface area contributed by atoms with Gasteiger partial charge in [-0.3, -0.25) is 0 Å². The van der Waals surface area contributed by atoms with Crippen molar-refractivity contribution in [2.45, 2.75) is 39.2 Å². The van der Waals surface area contributed by atoms with Gasteiger partial charge in [-0.05, 0) is 32.6 Å². The van der Waals surface area contributed by atoms with Gasteiger partial charge in [-0.2, -0.15) is 5.26 Å². The maximum Gasteiger partial charge on any atom is 0.318 e. The summed E-state index contributed by atoms with van der Waals surface area (Å²) < 4.78 is 0. The molecule has 0 radical (unpaired) electrons. The Hall–Kier alpha value is -1.24. The standard InChI is InChI=1S/C11H19N3O/c1-9-5-4-6-14(7-9)10(15)13-11(2,3)8-12/h9H,4-7H2,1-3H3,(H,13,15). The molecule has 84 valence electrons. The maximum absolute atomic E-state index is 11.8. The average Bonchev–Trinajstić information content (AvgIpc) is 2.17. The summed E-state index contributed by atoms with van der Waals surface area (Å²) in [6, 6.07) is 1.95. The number of nitrogens with zero attached hydrogens (tertiary/aromatic N) is 2. The van der Waals surface area contributed by atoms with Crippen LogP contribution < -0.4 is 5.32 Å². The van der Waals surface area contributed by atoms with E-state index in [1.807, 2.05) is 0 Å². The summed E-state index contributed by atoms with van der Waals surface area (Å²) >= 11 is 0. The molecule has 1 saturated heterocycles. The van der Waals surface area contributed by atoms with E-state index in [-0.39, 0.29) is 6.03 Å². The third kappa shape index (κ3) is 3.43. The van der Waals surface area contributed by atoms with E-state index < -0.39 is 5.54 Å². The molecule has 0 aromatic heterocycles. The summed E-state index contributed by atoms with van der Waals surface area (Å²) in [6.07, 6.45) is 2.24. The lowest BCUT2D eigenvalue weighted by Crippen LogP contribution is -2.51. The van der Waals surface area contributed by atoms with Crippen molar-refractivity contribution in [1.82, 2.24) is 10.2 Å². The number of carbonyl (C=O) groups is 1. The minimum absolute atomic E-state index is 0.117. The topological polar surface area (TPSA) is 56.1 Å². The number of hydrogen-bond donors (Lipinski definition) is 1. The second-order valence-corrected chi connectivity index (χ2v) is 4.86. The quantitative estimate of drug-likeness (QED) is 0.715. The van der Waals surface area contributed by atoms with Crippen molar-refractivity contribution in [2.24, 2.45) is 5.92 Å². The van der Waals surface area contributed by atoms with Crippen LogP contribution in [0.3, 0.4) is 0 Å². The molecule has 1 N–H and O–H groups in total. The summed E-state index contributed by atoms with van der Waals surface area (Å²) in [5.41, 5.74) is -0.780. The van der Waals surface area contributed by atoms with E-state index in [9.17, 15) is 4.79 Å². The van der Waals surface area contributed by atoms with Gasteiger partial charge in [-0.1, -0.05) is 6.92 Å². The number of amides is 2. The molecule has 1 atom stereocenters. The number of piperidine rings is 1. The fourth-order valence-electron chi connectivity index (χ4n) is 1.75. The van der Waals surface area contributed by atoms with E-state index in [2.05, 4.69) is 18.3 Å². The van der Waals surface area contributed by atoms with Crippen molar-refractivity contribution in [3.8, 4) is 6.07 Å². The van der Waals surface area contributed by atoms with Crippen molar-refractivity contribution >= 4 is 6.03 Å². The smallest absolute Gasteiger partial charge is 0.318 e. The van der Waals surface area contributed by atoms with Gasteiger partial charge in [0.15, 0.2) is 0 Å². The van der Waals surface area contributed by atoms with Crippen molar-refractivity contribution < 1.29 is 4.79 Å². The Morgan fingerprint density at radius 1 is 1.60 bits per heavy atom. The second-order valence-electron chi connectivity index (χ2n) is 4.86. The van der Waals surface area contributed by atoms with Crippen LogP contribution in [0.4, 0.5) is 4.79 Å². The van der Waals surface area contributed by atoms with Crippen molar-refractivity contribution in [3.63, 3.8) is 0 Å². The van der Waals surface area contributed by atoms with E-state index >= 15 is 0 Å². The Balaban J connectivity index is 2.50. The molecule has 1 aliphatic heterocycles. The Kier molecular flexibility index (Phi) is 3.57. The predicted molar refractivity (Wildman–Crippen MR) is 58.2 cm³/mol. The van der Waals surface area contributed by atoms with Crippen molar-refractivity contribution in [3.05, 3.63) is 0 Å². The van der Waals surface area contributed by atoms with Crippen molar-refractivity contribution in [2.75, 3.05) is 13.1 Å². The minimum atomic E-state index is -0.780. The lowest BCUT2D eigenvalue weighted by Gasteiger charge is -2.32. The molecule has 2 amide bonds. The molecule has 0 aromatic rings. The van der Waals surface area contributed by atoms with Gasteiger partial charge in [0.1, 0.15) is 5.54 Å². The monoisotopic (exact) mass is 209 g/mol. The molecule has 0 saturated carbocycles. The SMILES string of the molecule is CC1CCCN(C(=O)NC(C)(C)C#N)C1. The molecule has 1 unspecified atom stereocenters. The van der Waals surface area contributed by atoms with Gasteiger partial charge in [0.05, 0.1) is 6.07 Å². The number of hydrogen-bond acceptors (Lipinski definition) is 2. The zero-order valence-electron chi connectivity index (χ0n) is 9.71. The molecule has 1 rings (SSSR count). The summed E-state index contributed by atoms with van der Waals surface area (Å²) in [6.45, 7) is 7.16. The number of carbonyl (C=O) groups excluding carboxylic acids is 1. The van der Waals surface area contributed by atoms with Crippen LogP contribution in [-0.4, -0.2) is 29.6 Å². The first-order valence-electron chi connectivity index (χ1n) is 5.43. The molecule has 4 nitrogen and oxygen atoms in total. The average molecular weight is 209 g/mol. The van der Waals surface area contributed by atoms with Crippen LogP contribution in [0.5, 0.6) is 0 Å². The first-order chi connectivity index (χ1) is 6.94. The highest BCUT2D eigenvalue weighted by molar-refractivity contribution is 5.75. The van der Waals surface area contributed by atoms with Gasteiger partial charge in [-0.15, -0.1) is 0 Å². The van der Waals surface area contributed by atoms with E-state index in [0.717, 1.165) is 19.5 Å². The molecule has 0 bridgehead atoms. The van der Waals surface area contributed by atoms with Crippen LogP contribution in [-0.2, 0) is 0 Å². The molecular formula is C11H19N3O. The molecule has 1 fully saturated rings. The number of nitrogens with one attached hydrogen (secondary N) is 1. The van der Waals surface area contributed by atoms with Crippen LogP contribution >= 0.6 is 0 Å². The first kappa shape index (κ1) is 11.8. The molecule has 0 spiro atoms. The number of likely N-dealkylation sites (tertiary alicyclic amines) is 1. The highest BCUT2D eigenvalue weighted by Gasteiger charge is 2.25. The predicted octanol–water partition coefficient (Wildman–Crippen LogP) is 1.73. The van der Waals surface area contributed by atoms with Gasteiger partial charge >= 0.3 is 6.03 Å². The second kappa shape index (κ2) is 4.52. The summed E-state index contributed by atoms with van der Waals surface area (Å²) in [5, 5.41) is 11.5. The third-order valence-corrected chi connectivity index (χ3v) is 2.64. The zero-order valence-corrected chi connectivity index (χ0v) is 9.71. The van der Waals surface area contributed by atoms with E-state index in [1.165, 1.54) is 6.42 Å². The Labute approximate surface area is 91.2 Å². The van der Waals surface area contributed by atoms with E-state index in [4.69, 9.17) is 5.26 Å². The van der Waals surface area contributed by atoms with Crippen LogP contribution in [0.1, 0.15) is 33.6 Å². The number of urea groups is 1. The molecule has 1 aliphatic rings. The summed E-state index contributed by atoms with van der Waals surface area (Å²) in [5.74, 6) is 0.565. The van der Waals surface area contributed by atoms with Gasteiger partial charge in [-0.25, -0.2) is 4.79 Å². The third-order valence-electron chi connectivity index (χ3n) is 2.64. The van der Waals surface area contributed by atoms with Crippen LogP contribution in [0.15, 0.2) is 0 Å². The molecule has 0 aromatic carbocycles. The maximum atomic E-state index is 11.8. The van der Waals surface area contributed by atoms with Gasteiger partial charge in [0, 0.05) is 13.1 Å². The van der Waals surface area contributed by atoms with E-state index in [0.29, 0.717) is 5.92 Å². The van der Waals surface area contributed by atoms with Gasteiger partial charge in [0.2, 0.25) is 0 Å². The number of nitriles is 1. The lowest BCUT2D eigenvalue weighted by atomic mass is 10.0. The first-order valence-corrected chi connectivity index (χ1v) is 5.43. The van der Waals surface area contributed by atoms with Gasteiger partial charge in [0.25, 0.3) is 0 Å². The fourth-order valence-corrected chi connectivity index (χ4v) is 1.75. The summed E-state index contributed by atoms with van der Waals surface area (Å²) in [4.78, 5) is 13.6. The minimum Gasteiger partial charge on any atom is -0.325 e. The normalized spacial score (nSPS) is 22.0. The molecular weight excluding hydrogens is 190 g/mol. The zero-order chi connectivity index (χ0) is 11.5. The van der Waals surface area contributed by atoms with Crippen LogP contribution in [0.2, 0.25) is 0 Å². The van der Waals surface area contributed by atoms with E-state index in [1.54, 1.807) is 18.7 Å². The molecule has 0 aliphatic carbocycles. The Morgan fingerprint density at radius 3 is 2.80 bits per heavy atom. The highest BCUT2D eigenvalue weighted by atomic mass is 16.2. The molecule has 1 heterocycles. The summed E-state index contributed by atoms with van der Waals surface area (Å²) in [7, 11) is 0. The fraction of sp³-hybridized carbons (Fsp3) is 0.818. The lowest BCUT2D eigenvalue weighted by molar-refractivity contribution is 0.164. The van der Waals surface area contributed by atoms with Gasteiger partial charge < -0.3 is 10.2 Å². The Bertz CT molecular complexity index is 280. The Morgan fingerprint density at radius 2 is 2.27 bits per heavy atom. The highest BCUT2D eigenvalue weighted by Crippen LogP contribution is 2.15. The molecule has 4 heteroatoms. The number of rotatable bonds is 1. The van der Waals surface area contributed by atoms with Crippen molar-refractivity contribution in [1.29, 1.82) is 5.26 Å². The van der Waals surface area contributed by atoms with Crippen LogP contribution in [0.25, 0.3) is 0 Å². The largest absolute Gasteiger partial charge is 0.325 e. The molecule has 15 heavy (non-hydrogen) atoms. The van der Waals surface area contributed by atoms with Crippen LogP contribution in [0, 0.1) is 17.2 Å².